The number of rotatable bonds is 7. The highest BCUT2D eigenvalue weighted by molar-refractivity contribution is 7.17. The van der Waals surface area contributed by atoms with Crippen LogP contribution < -0.4 is 16.8 Å². The number of nitrogen functional groups attached to an aromatic ring is 1. The summed E-state index contributed by atoms with van der Waals surface area (Å²) in [5.74, 6) is -0.613. The summed E-state index contributed by atoms with van der Waals surface area (Å²) >= 11 is 1.16. The Morgan fingerprint density at radius 3 is 2.75 bits per heavy atom. The Labute approximate surface area is 123 Å². The molecule has 0 bridgehead atoms. The normalized spacial score (nSPS) is 12.2. The van der Waals surface area contributed by atoms with Crippen molar-refractivity contribution in [3.8, 4) is 6.07 Å². The van der Waals surface area contributed by atoms with E-state index in [0.29, 0.717) is 22.5 Å². The first kappa shape index (κ1) is 16.3. The number of amides is 1. The number of carbonyl (C=O) groups excluding carboxylic acids is 1. The first-order valence-corrected chi connectivity index (χ1v) is 7.30. The van der Waals surface area contributed by atoms with Crippen molar-refractivity contribution >= 4 is 27.9 Å². The van der Waals surface area contributed by atoms with Crippen molar-refractivity contribution < 1.29 is 4.79 Å². The lowest BCUT2D eigenvalue weighted by atomic mass is 10.2. The maximum Gasteiger partial charge on any atom is 0.253 e. The van der Waals surface area contributed by atoms with E-state index < -0.39 is 5.91 Å². The van der Waals surface area contributed by atoms with Crippen LogP contribution in [0.5, 0.6) is 0 Å². The summed E-state index contributed by atoms with van der Waals surface area (Å²) in [6.45, 7) is 5.78. The molecule has 0 spiro atoms. The number of hydrogen-bond donors (Lipinski definition) is 3. The molecule has 1 heterocycles. The standard InChI is InChI=1S/C13H21N5OS/c1-4-8(2)18(3)6-5-17-13-10(12(16)19)11(15)9(7-14)20-13/h8,17H,4-6,15H2,1-3H3,(H2,16,19). The maximum atomic E-state index is 11.4. The third-order valence-electron chi connectivity index (χ3n) is 3.39. The average molecular weight is 295 g/mol. The van der Waals surface area contributed by atoms with Crippen LogP contribution in [0.3, 0.4) is 0 Å². The van der Waals surface area contributed by atoms with Crippen LogP contribution in [0.15, 0.2) is 0 Å². The van der Waals surface area contributed by atoms with Gasteiger partial charge in [0.15, 0.2) is 0 Å². The van der Waals surface area contributed by atoms with Gasteiger partial charge in [0.25, 0.3) is 5.91 Å². The molecule has 0 saturated heterocycles. The minimum atomic E-state index is -0.613. The van der Waals surface area contributed by atoms with Gasteiger partial charge >= 0.3 is 0 Å². The Balaban J connectivity index is 2.74. The molecule has 0 saturated carbocycles. The van der Waals surface area contributed by atoms with E-state index in [-0.39, 0.29) is 11.3 Å². The van der Waals surface area contributed by atoms with Gasteiger partial charge < -0.3 is 21.7 Å². The van der Waals surface area contributed by atoms with Gasteiger partial charge in [0.1, 0.15) is 15.9 Å². The van der Waals surface area contributed by atoms with E-state index >= 15 is 0 Å². The number of anilines is 2. The van der Waals surface area contributed by atoms with Crippen LogP contribution in [-0.4, -0.2) is 37.0 Å². The van der Waals surface area contributed by atoms with Gasteiger partial charge in [-0.2, -0.15) is 5.26 Å². The Bertz CT molecular complexity index is 520. The van der Waals surface area contributed by atoms with Crippen molar-refractivity contribution in [1.29, 1.82) is 5.26 Å². The van der Waals surface area contributed by atoms with Crippen LogP contribution >= 0.6 is 11.3 Å². The number of nitrogens with zero attached hydrogens (tertiary/aromatic N) is 2. The highest BCUT2D eigenvalue weighted by Gasteiger charge is 2.20. The molecular weight excluding hydrogens is 274 g/mol. The first-order chi connectivity index (χ1) is 9.42. The molecule has 1 aromatic heterocycles. The van der Waals surface area contributed by atoms with Gasteiger partial charge in [-0.15, -0.1) is 11.3 Å². The van der Waals surface area contributed by atoms with Gasteiger partial charge in [-0.25, -0.2) is 0 Å². The van der Waals surface area contributed by atoms with Crippen LogP contribution in [0.1, 0.15) is 35.5 Å². The highest BCUT2D eigenvalue weighted by atomic mass is 32.1. The summed E-state index contributed by atoms with van der Waals surface area (Å²) in [7, 11) is 2.05. The molecule has 6 nitrogen and oxygen atoms in total. The van der Waals surface area contributed by atoms with Crippen LogP contribution in [0.2, 0.25) is 0 Å². The second-order valence-corrected chi connectivity index (χ2v) is 5.71. The van der Waals surface area contributed by atoms with E-state index in [2.05, 4.69) is 24.1 Å². The molecule has 0 aliphatic heterocycles. The molecule has 1 unspecified atom stereocenters. The Morgan fingerprint density at radius 2 is 2.25 bits per heavy atom. The highest BCUT2D eigenvalue weighted by Crippen LogP contribution is 2.34. The molecule has 1 atom stereocenters. The lowest BCUT2D eigenvalue weighted by Crippen LogP contribution is -2.32. The number of nitrogens with two attached hydrogens (primary N) is 2. The fourth-order valence-electron chi connectivity index (χ4n) is 1.77. The van der Waals surface area contributed by atoms with Crippen molar-refractivity contribution in [2.24, 2.45) is 5.73 Å². The average Bonchev–Trinajstić information content (AvgIpc) is 2.73. The van der Waals surface area contributed by atoms with E-state index in [0.717, 1.165) is 24.3 Å². The molecule has 1 aromatic rings. The number of likely N-dealkylation sites (N-methyl/N-ethyl adjacent to an activating group) is 1. The first-order valence-electron chi connectivity index (χ1n) is 6.48. The minimum absolute atomic E-state index is 0.169. The molecule has 0 fully saturated rings. The van der Waals surface area contributed by atoms with Crippen molar-refractivity contribution in [3.05, 3.63) is 10.4 Å². The van der Waals surface area contributed by atoms with Crippen molar-refractivity contribution in [2.75, 3.05) is 31.2 Å². The summed E-state index contributed by atoms with van der Waals surface area (Å²) in [6.07, 6.45) is 1.08. The SMILES string of the molecule is CCC(C)N(C)CCNc1sc(C#N)c(N)c1C(N)=O. The molecule has 1 rings (SSSR count). The summed E-state index contributed by atoms with van der Waals surface area (Å²) in [4.78, 5) is 14.0. The zero-order chi connectivity index (χ0) is 15.3. The number of hydrogen-bond acceptors (Lipinski definition) is 6. The lowest BCUT2D eigenvalue weighted by molar-refractivity contribution is 0.100. The molecule has 0 aliphatic rings. The van der Waals surface area contributed by atoms with Crippen molar-refractivity contribution in [3.63, 3.8) is 0 Å². The van der Waals surface area contributed by atoms with E-state index in [1.54, 1.807) is 0 Å². The number of thiophene rings is 1. The molecule has 20 heavy (non-hydrogen) atoms. The molecule has 1 amide bonds. The van der Waals surface area contributed by atoms with Gasteiger partial charge in [-0.3, -0.25) is 4.79 Å². The van der Waals surface area contributed by atoms with Crippen LogP contribution in [0.4, 0.5) is 10.7 Å². The Kier molecular flexibility index (Phi) is 5.80. The molecule has 0 radical (unpaired) electrons. The predicted molar refractivity (Wildman–Crippen MR) is 82.8 cm³/mol. The van der Waals surface area contributed by atoms with E-state index in [4.69, 9.17) is 16.7 Å². The van der Waals surface area contributed by atoms with E-state index in [1.165, 1.54) is 0 Å². The molecule has 7 heteroatoms. The Hall–Kier alpha value is -1.78. The Morgan fingerprint density at radius 1 is 1.60 bits per heavy atom. The van der Waals surface area contributed by atoms with Gasteiger partial charge in [0.2, 0.25) is 0 Å². The monoisotopic (exact) mass is 295 g/mol. The molecule has 0 aliphatic carbocycles. The third kappa shape index (κ3) is 3.62. The fraction of sp³-hybridized carbons (Fsp3) is 0.538. The fourth-order valence-corrected chi connectivity index (χ4v) is 2.72. The van der Waals surface area contributed by atoms with E-state index in [9.17, 15) is 4.79 Å². The summed E-state index contributed by atoms with van der Waals surface area (Å²) in [5, 5.41) is 12.7. The quantitative estimate of drug-likeness (QED) is 0.705. The van der Waals surface area contributed by atoms with Gasteiger partial charge in [0, 0.05) is 19.1 Å². The molecule has 110 valence electrons. The zero-order valence-corrected chi connectivity index (χ0v) is 12.9. The molecule has 0 aromatic carbocycles. The van der Waals surface area contributed by atoms with E-state index in [1.807, 2.05) is 13.1 Å². The van der Waals surface area contributed by atoms with Crippen molar-refractivity contribution in [2.45, 2.75) is 26.3 Å². The molecular formula is C13H21N5OS. The third-order valence-corrected chi connectivity index (χ3v) is 4.45. The number of primary amides is 1. The van der Waals surface area contributed by atoms with Crippen molar-refractivity contribution in [1.82, 2.24) is 4.90 Å². The number of carbonyl (C=O) groups is 1. The summed E-state index contributed by atoms with van der Waals surface area (Å²) in [6, 6.07) is 2.47. The lowest BCUT2D eigenvalue weighted by Gasteiger charge is -2.23. The summed E-state index contributed by atoms with van der Waals surface area (Å²) in [5.41, 5.74) is 11.5. The molecule has 5 N–H and O–H groups in total. The van der Waals surface area contributed by atoms with Crippen LogP contribution in [-0.2, 0) is 0 Å². The second kappa shape index (κ2) is 7.12. The van der Waals surface area contributed by atoms with Crippen LogP contribution in [0, 0.1) is 11.3 Å². The van der Waals surface area contributed by atoms with Crippen LogP contribution in [0.25, 0.3) is 0 Å². The van der Waals surface area contributed by atoms with Gasteiger partial charge in [-0.05, 0) is 20.4 Å². The largest absolute Gasteiger partial charge is 0.396 e. The van der Waals surface area contributed by atoms with Gasteiger partial charge in [0.05, 0.1) is 11.3 Å². The number of nitrogens with one attached hydrogen (secondary N) is 1. The smallest absolute Gasteiger partial charge is 0.253 e. The van der Waals surface area contributed by atoms with Gasteiger partial charge in [-0.1, -0.05) is 6.92 Å². The predicted octanol–water partition coefficient (Wildman–Crippen LogP) is 1.44. The second-order valence-electron chi connectivity index (χ2n) is 4.69. The minimum Gasteiger partial charge on any atom is -0.396 e. The zero-order valence-electron chi connectivity index (χ0n) is 12.1. The topological polar surface area (TPSA) is 108 Å². The number of nitriles is 1. The summed E-state index contributed by atoms with van der Waals surface area (Å²) < 4.78 is 0. The maximum absolute atomic E-state index is 11.4.